The van der Waals surface area contributed by atoms with Gasteiger partial charge in [0.15, 0.2) is 11.6 Å². The lowest BCUT2D eigenvalue weighted by molar-refractivity contribution is -0.384. The number of Topliss-reactive ketones (excluding diaryl/α,β-unsaturated/α-hetero) is 2. The van der Waals surface area contributed by atoms with Crippen molar-refractivity contribution in [2.45, 2.75) is 24.7 Å². The number of carbonyl (C=O) groups is 2. The number of nitro groups is 1. The number of ketones is 2. The molecule has 7 heteroatoms. The molecule has 6 rings (SSSR count). The normalized spacial score (nSPS) is 23.6. The first-order valence-electron chi connectivity index (χ1n) is 10.8. The molecule has 3 aromatic rings. The van der Waals surface area contributed by atoms with Crippen LogP contribution in [-0.2, 0) is 4.79 Å². The van der Waals surface area contributed by atoms with Crippen LogP contribution in [0.5, 0.6) is 0 Å². The van der Waals surface area contributed by atoms with Crippen LogP contribution in [0.4, 0.5) is 5.69 Å². The van der Waals surface area contributed by atoms with E-state index >= 15 is 0 Å². The quantitative estimate of drug-likeness (QED) is 0.423. The third-order valence-electron chi connectivity index (χ3n) is 6.84. The third kappa shape index (κ3) is 2.92. The Morgan fingerprint density at radius 3 is 2.36 bits per heavy atom. The van der Waals surface area contributed by atoms with E-state index in [1.807, 2.05) is 24.3 Å². The van der Waals surface area contributed by atoms with Crippen LogP contribution in [0.2, 0.25) is 0 Å². The zero-order valence-electron chi connectivity index (χ0n) is 17.4. The van der Waals surface area contributed by atoms with Crippen LogP contribution < -0.4 is 0 Å². The van der Waals surface area contributed by atoms with Crippen molar-refractivity contribution < 1.29 is 18.9 Å². The van der Waals surface area contributed by atoms with E-state index in [1.165, 1.54) is 12.1 Å². The molecule has 3 aliphatic rings. The Morgan fingerprint density at radius 1 is 0.909 bits per heavy atom. The maximum absolute atomic E-state index is 13.5. The monoisotopic (exact) mass is 438 g/mol. The first-order chi connectivity index (χ1) is 16.0. The molecule has 33 heavy (non-hydrogen) atoms. The predicted octanol–water partition coefficient (Wildman–Crippen LogP) is 4.99. The van der Waals surface area contributed by atoms with Crippen molar-refractivity contribution in [3.8, 4) is 0 Å². The maximum Gasteiger partial charge on any atom is 0.269 e. The average molecular weight is 438 g/mol. The largest absolute Gasteiger partial charge is 0.469 e. The number of nitrogens with zero attached hydrogens (tertiary/aromatic N) is 2. The van der Waals surface area contributed by atoms with E-state index in [9.17, 15) is 19.7 Å². The second kappa shape index (κ2) is 7.20. The standard InChI is InChI=1S/C26H18N2O5/c29-20-13-15(21-6-3-11-33-21)12-19-23(20)22(14-7-9-16(10-8-14)28(31)32)24-25(27-19)17-4-1-2-5-18(17)26(24)30/h1-11,15,22,24H,12-13H2/t15-,22+,24?/m1/s1. The van der Waals surface area contributed by atoms with Gasteiger partial charge in [-0.1, -0.05) is 36.4 Å². The number of fused-ring (bicyclic) bond motifs is 3. The van der Waals surface area contributed by atoms with Crippen molar-refractivity contribution in [3.63, 3.8) is 0 Å². The van der Waals surface area contributed by atoms with E-state index in [0.29, 0.717) is 34.5 Å². The summed E-state index contributed by atoms with van der Waals surface area (Å²) in [6.07, 6.45) is 2.40. The van der Waals surface area contributed by atoms with Gasteiger partial charge in [0.25, 0.3) is 5.69 Å². The smallest absolute Gasteiger partial charge is 0.269 e. The lowest BCUT2D eigenvalue weighted by atomic mass is 9.69. The summed E-state index contributed by atoms with van der Waals surface area (Å²) in [6, 6.07) is 17.2. The Bertz CT molecular complexity index is 1380. The van der Waals surface area contributed by atoms with E-state index < -0.39 is 16.8 Å². The molecule has 1 unspecified atom stereocenters. The van der Waals surface area contributed by atoms with Crippen LogP contribution in [0.3, 0.4) is 0 Å². The Balaban J connectivity index is 1.53. The summed E-state index contributed by atoms with van der Waals surface area (Å²) in [4.78, 5) is 42.6. The number of hydrogen-bond acceptors (Lipinski definition) is 6. The van der Waals surface area contributed by atoms with Crippen LogP contribution in [0.15, 0.2) is 87.6 Å². The number of carbonyl (C=O) groups excluding carboxylic acids is 2. The van der Waals surface area contributed by atoms with Gasteiger partial charge in [0.2, 0.25) is 0 Å². The van der Waals surface area contributed by atoms with Gasteiger partial charge in [-0.25, -0.2) is 0 Å². The number of non-ortho nitro benzene ring substituents is 1. The number of allylic oxidation sites excluding steroid dienone is 2. The van der Waals surface area contributed by atoms with Crippen LogP contribution in [0.25, 0.3) is 0 Å². The molecule has 162 valence electrons. The lowest BCUT2D eigenvalue weighted by Crippen LogP contribution is -2.34. The van der Waals surface area contributed by atoms with Crippen molar-refractivity contribution in [1.29, 1.82) is 0 Å². The van der Waals surface area contributed by atoms with E-state index in [1.54, 1.807) is 30.5 Å². The molecule has 0 radical (unpaired) electrons. The van der Waals surface area contributed by atoms with Crippen LogP contribution in [0.1, 0.15) is 51.9 Å². The molecule has 0 saturated carbocycles. The van der Waals surface area contributed by atoms with Gasteiger partial charge in [-0.05, 0) is 17.7 Å². The minimum atomic E-state index is -0.619. The first-order valence-corrected chi connectivity index (χ1v) is 10.8. The molecule has 0 saturated heterocycles. The molecule has 3 atom stereocenters. The minimum Gasteiger partial charge on any atom is -0.469 e. The van der Waals surface area contributed by atoms with Crippen molar-refractivity contribution in [3.05, 3.63) is 111 Å². The summed E-state index contributed by atoms with van der Waals surface area (Å²) in [5.74, 6) is -0.651. The number of rotatable bonds is 3. The van der Waals surface area contributed by atoms with E-state index in [0.717, 1.165) is 11.3 Å². The van der Waals surface area contributed by atoms with Gasteiger partial charge < -0.3 is 4.42 Å². The summed E-state index contributed by atoms with van der Waals surface area (Å²) in [5, 5.41) is 11.2. The highest BCUT2D eigenvalue weighted by atomic mass is 16.6. The predicted molar refractivity (Wildman–Crippen MR) is 119 cm³/mol. The molecule has 2 aromatic carbocycles. The lowest BCUT2D eigenvalue weighted by Gasteiger charge is -2.35. The molecule has 0 fully saturated rings. The Kier molecular flexibility index (Phi) is 4.26. The molecule has 0 N–H and O–H groups in total. The molecule has 0 spiro atoms. The zero-order valence-corrected chi connectivity index (χ0v) is 17.4. The van der Waals surface area contributed by atoms with Gasteiger partial charge in [-0.3, -0.25) is 24.7 Å². The first kappa shape index (κ1) is 19.5. The van der Waals surface area contributed by atoms with Gasteiger partial charge in [-0.2, -0.15) is 0 Å². The summed E-state index contributed by atoms with van der Waals surface area (Å²) in [7, 11) is 0. The summed E-state index contributed by atoms with van der Waals surface area (Å²) in [6.45, 7) is 0. The van der Waals surface area contributed by atoms with Crippen molar-refractivity contribution in [2.24, 2.45) is 10.9 Å². The molecule has 0 amide bonds. The van der Waals surface area contributed by atoms with Crippen LogP contribution in [0, 0.1) is 16.0 Å². The van der Waals surface area contributed by atoms with Crippen LogP contribution >= 0.6 is 0 Å². The molecule has 1 aliphatic heterocycles. The fourth-order valence-corrected chi connectivity index (χ4v) is 5.39. The minimum absolute atomic E-state index is 0.0356. The third-order valence-corrected chi connectivity index (χ3v) is 6.84. The van der Waals surface area contributed by atoms with Gasteiger partial charge in [0.05, 0.1) is 22.8 Å². The topological polar surface area (TPSA) is 103 Å². The van der Waals surface area contributed by atoms with Crippen molar-refractivity contribution in [2.75, 3.05) is 0 Å². The van der Waals surface area contributed by atoms with E-state index in [4.69, 9.17) is 9.41 Å². The Hall–Kier alpha value is -4.13. The Labute approximate surface area is 188 Å². The van der Waals surface area contributed by atoms with Crippen molar-refractivity contribution in [1.82, 2.24) is 0 Å². The molecule has 2 heterocycles. The zero-order chi connectivity index (χ0) is 22.7. The second-order valence-corrected chi connectivity index (χ2v) is 8.61. The van der Waals surface area contributed by atoms with Crippen molar-refractivity contribution >= 4 is 23.0 Å². The number of hydrogen-bond donors (Lipinski definition) is 0. The molecule has 7 nitrogen and oxygen atoms in total. The summed E-state index contributed by atoms with van der Waals surface area (Å²) in [5.41, 5.74) is 3.95. The van der Waals surface area contributed by atoms with Gasteiger partial charge >= 0.3 is 0 Å². The number of aliphatic imine (C=N–C) groups is 1. The molecule has 2 aliphatic carbocycles. The fraction of sp³-hybridized carbons (Fsp3) is 0.192. The second-order valence-electron chi connectivity index (χ2n) is 8.61. The molecule has 1 aromatic heterocycles. The SMILES string of the molecule is O=C1C[C@H](c2ccco2)CC2=C1[C@H](c1ccc([N+](=O)[O-])cc1)C1C(=O)c3ccccc3C1=N2. The van der Waals surface area contributed by atoms with E-state index in [-0.39, 0.29) is 29.6 Å². The number of benzene rings is 2. The number of nitro benzene ring substituents is 1. The highest BCUT2D eigenvalue weighted by Gasteiger charge is 2.49. The average Bonchev–Trinajstić information content (AvgIpc) is 3.46. The molecular formula is C26H18N2O5. The van der Waals surface area contributed by atoms with Gasteiger partial charge in [0.1, 0.15) is 5.76 Å². The summed E-state index contributed by atoms with van der Waals surface area (Å²) < 4.78 is 5.57. The fourth-order valence-electron chi connectivity index (χ4n) is 5.39. The number of furan rings is 1. The Morgan fingerprint density at radius 2 is 1.67 bits per heavy atom. The molecule has 0 bridgehead atoms. The van der Waals surface area contributed by atoms with E-state index in [2.05, 4.69) is 0 Å². The maximum atomic E-state index is 13.5. The van der Waals surface area contributed by atoms with Gasteiger partial charge in [0, 0.05) is 59.2 Å². The molecular weight excluding hydrogens is 420 g/mol. The summed E-state index contributed by atoms with van der Waals surface area (Å²) >= 11 is 0. The highest BCUT2D eigenvalue weighted by Crippen LogP contribution is 2.50. The highest BCUT2D eigenvalue weighted by molar-refractivity contribution is 6.30. The van der Waals surface area contributed by atoms with Gasteiger partial charge in [-0.15, -0.1) is 0 Å². The van der Waals surface area contributed by atoms with Crippen LogP contribution in [-0.4, -0.2) is 22.2 Å².